The van der Waals surface area contributed by atoms with Crippen LogP contribution < -0.4 is 127 Å². The topological polar surface area (TPSA) is 447 Å². The zero-order valence-corrected chi connectivity index (χ0v) is 62.9. The monoisotopic (exact) mass is 1350 g/mol. The zero-order chi connectivity index (χ0) is 70.7. The average molecular weight is 1350 g/mol. The minimum absolute atomic E-state index is 0.681. The predicted octanol–water partition coefficient (Wildman–Crippen LogP) is -5.07. The number of nitrogens with zero attached hydrogens (tertiary/aromatic N) is 5. The van der Waals surface area contributed by atoms with E-state index in [1.807, 2.05) is 0 Å². The van der Waals surface area contributed by atoms with Crippen molar-refractivity contribution < 1.29 is 0 Å². The van der Waals surface area contributed by atoms with Gasteiger partial charge < -0.3 is 146 Å². The Morgan fingerprint density at radius 3 is 0.645 bits per heavy atom. The Hall–Kier alpha value is -1.12. The molecule has 0 bridgehead atoms. The van der Waals surface area contributed by atoms with E-state index in [0.717, 1.165) is 248 Å². The maximum atomic E-state index is 5.42. The molecule has 0 aromatic rings. The van der Waals surface area contributed by atoms with Gasteiger partial charge in [-0.1, -0.05) is 32.1 Å². The zero-order valence-electron chi connectivity index (χ0n) is 62.9. The summed E-state index contributed by atoms with van der Waals surface area (Å²) >= 11 is 0. The van der Waals surface area contributed by atoms with E-state index in [0.29, 0.717) is 32.7 Å². The smallest absolute Gasteiger partial charge is 0.0106 e. The normalized spacial score (nSPS) is 12.5. The molecule has 0 amide bonds. The second-order valence-corrected chi connectivity index (χ2v) is 24.0. The lowest BCUT2D eigenvalue weighted by atomic mass is 10.2. The van der Waals surface area contributed by atoms with Crippen LogP contribution in [0.25, 0.3) is 0 Å². The lowest BCUT2D eigenvalue weighted by Gasteiger charge is -2.18. The molecule has 1 aliphatic heterocycles. The molecule has 0 aliphatic carbocycles. The summed E-state index contributed by atoms with van der Waals surface area (Å²) in [5.74, 6) is 0. The van der Waals surface area contributed by atoms with Gasteiger partial charge in [-0.15, -0.1) is 0 Å². The van der Waals surface area contributed by atoms with Crippen molar-refractivity contribution in [2.75, 3.05) is 331 Å². The summed E-state index contributed by atoms with van der Waals surface area (Å²) in [4.78, 5) is 11.0. The summed E-state index contributed by atoms with van der Waals surface area (Å²) < 4.78 is 0. The van der Waals surface area contributed by atoms with Crippen LogP contribution in [0.3, 0.4) is 0 Å². The average Bonchev–Trinajstić information content (AvgIpc) is 3.64. The molecule has 0 atom stereocenters. The van der Waals surface area contributed by atoms with Gasteiger partial charge in [0.25, 0.3) is 0 Å². The molecule has 0 aromatic heterocycles. The SMILES string of the molecule is C1CNCCNCCNCCN1.CN(C)CCCCCNCCN(C)C.CN(C)CCNCCN(C)C.NCCCCCNCCCCCNCCN.NCCCCCNCCN.NCCCCCNCCNCCN.NCCN(CCN)CCN.NCCNCCN. The van der Waals surface area contributed by atoms with Crippen LogP contribution in [-0.2, 0) is 0 Å². The summed E-state index contributed by atoms with van der Waals surface area (Å²) in [6.45, 7) is 40.5. The molecule has 0 aromatic carbocycles. The van der Waals surface area contributed by atoms with E-state index in [4.69, 9.17) is 63.1 Å². The molecule has 0 radical (unpaired) electrons. The van der Waals surface area contributed by atoms with Crippen molar-refractivity contribution in [1.82, 2.24) is 88.3 Å². The standard InChI is InChI=1S/C12H30N4.C11H27N3.C9H24N4.C8H20N4.C8H21N3.C7H19N3.C6H18N4.C4H13N3/c13-7-3-1-4-9-15-10-5-2-6-11-16-12-8-14;1-13(2)10-7-5-6-8-12-9-11-14(3)4;10-4-2-1-3-6-12-8-9-13-7-5-11;1-2-10-5-6-12-8-7-11-4-3-9-1;1-10(2)7-5-9-6-8-11(3)4;8-4-2-1-3-6-10-7-5-9;7-1-4-10(5-2-8)6-3-9;5-1-3-7-4-2-6/h15-16H,1-14H2;12H,5-11H2,1-4H3;12-13H,1-11H2;9-12H,1-8H2;9H,5-8H2,1-4H3;10H,1-9H2;1-9H2;7H,1-6H2. The number of nitrogens with two attached hydrogens (primary N) is 11. The predicted molar refractivity (Wildman–Crippen MR) is 414 cm³/mol. The largest absolute Gasteiger partial charge is 0.330 e. The minimum Gasteiger partial charge on any atom is -0.330 e. The molecule has 1 saturated heterocycles. The molecule has 1 aliphatic rings. The van der Waals surface area contributed by atoms with Gasteiger partial charge in [0.2, 0.25) is 0 Å². The summed E-state index contributed by atoms with van der Waals surface area (Å²) in [6, 6.07) is 0. The first-order chi connectivity index (χ1) is 45.3. The van der Waals surface area contributed by atoms with Gasteiger partial charge in [0, 0.05) is 209 Å². The third kappa shape index (κ3) is 135. The first-order valence-corrected chi connectivity index (χ1v) is 36.8. The highest BCUT2D eigenvalue weighted by atomic mass is 15.1. The maximum absolute atomic E-state index is 5.42. The molecule has 572 valence electrons. The molecule has 28 heteroatoms. The molecule has 28 nitrogen and oxygen atoms in total. The highest BCUT2D eigenvalue weighted by molar-refractivity contribution is 4.62. The fourth-order valence-electron chi connectivity index (χ4n) is 7.93. The Morgan fingerprint density at radius 1 is 0.194 bits per heavy atom. The highest BCUT2D eigenvalue weighted by Gasteiger charge is 2.00. The van der Waals surface area contributed by atoms with Crippen LogP contribution in [0.15, 0.2) is 0 Å². The van der Waals surface area contributed by atoms with Gasteiger partial charge in [-0.2, -0.15) is 0 Å². The number of hydrogen-bond donors (Lipinski definition) is 23. The second-order valence-electron chi connectivity index (χ2n) is 24.0. The molecular weight excluding hydrogens is 1170 g/mol. The van der Waals surface area contributed by atoms with Crippen molar-refractivity contribution in [2.45, 2.75) is 96.3 Å². The van der Waals surface area contributed by atoms with E-state index >= 15 is 0 Å². The quantitative estimate of drug-likeness (QED) is 0.0253. The molecule has 1 heterocycles. The number of likely N-dealkylation sites (N-methyl/N-ethyl adjacent to an activating group) is 3. The Morgan fingerprint density at radius 2 is 0.398 bits per heavy atom. The van der Waals surface area contributed by atoms with Crippen molar-refractivity contribution >= 4 is 0 Å². The summed E-state index contributed by atoms with van der Waals surface area (Å²) in [6.07, 6.45) is 18.7. The Labute approximate surface area is 576 Å². The van der Waals surface area contributed by atoms with Gasteiger partial charge in [-0.25, -0.2) is 0 Å². The molecule has 93 heavy (non-hydrogen) atoms. The van der Waals surface area contributed by atoms with Gasteiger partial charge >= 0.3 is 0 Å². The van der Waals surface area contributed by atoms with Crippen molar-refractivity contribution in [3.63, 3.8) is 0 Å². The summed E-state index contributed by atoms with van der Waals surface area (Å²) in [7, 11) is 16.9. The lowest BCUT2D eigenvalue weighted by molar-refractivity contribution is 0.297. The van der Waals surface area contributed by atoms with Crippen LogP contribution in [0, 0.1) is 0 Å². The highest BCUT2D eigenvalue weighted by Crippen LogP contribution is 1.96. The van der Waals surface area contributed by atoms with Gasteiger partial charge in [-0.05, 0) is 186 Å². The fraction of sp³-hybridized carbons (Fsp3) is 1.00. The van der Waals surface area contributed by atoms with Crippen molar-refractivity contribution in [1.29, 1.82) is 0 Å². The molecule has 0 saturated carbocycles. The van der Waals surface area contributed by atoms with E-state index in [1.54, 1.807) is 0 Å². The van der Waals surface area contributed by atoms with E-state index in [9.17, 15) is 0 Å². The van der Waals surface area contributed by atoms with Gasteiger partial charge in [0.15, 0.2) is 0 Å². The number of rotatable bonds is 55. The first-order valence-electron chi connectivity index (χ1n) is 36.8. The van der Waals surface area contributed by atoms with Gasteiger partial charge in [0.1, 0.15) is 0 Å². The van der Waals surface area contributed by atoms with Crippen LogP contribution in [0.2, 0.25) is 0 Å². The Bertz CT molecular complexity index is 1030. The molecule has 1 fully saturated rings. The van der Waals surface area contributed by atoms with Crippen LogP contribution in [0.4, 0.5) is 0 Å². The van der Waals surface area contributed by atoms with E-state index in [2.05, 4.69) is 145 Å². The lowest BCUT2D eigenvalue weighted by Crippen LogP contribution is -2.39. The fourth-order valence-corrected chi connectivity index (χ4v) is 7.93. The van der Waals surface area contributed by atoms with Crippen molar-refractivity contribution in [2.24, 2.45) is 63.1 Å². The molecule has 0 spiro atoms. The van der Waals surface area contributed by atoms with Gasteiger partial charge in [0.05, 0.1) is 0 Å². The van der Waals surface area contributed by atoms with Crippen LogP contribution in [-0.4, -0.2) is 356 Å². The number of hydrogen-bond acceptors (Lipinski definition) is 28. The van der Waals surface area contributed by atoms with Crippen LogP contribution >= 0.6 is 0 Å². The number of unbranched alkanes of at least 4 members (excludes halogenated alkanes) is 10. The van der Waals surface area contributed by atoms with E-state index in [1.165, 1.54) is 90.1 Å². The van der Waals surface area contributed by atoms with E-state index in [-0.39, 0.29) is 0 Å². The summed E-state index contributed by atoms with van der Waals surface area (Å²) in [5, 5.41) is 39.9. The summed E-state index contributed by atoms with van der Waals surface area (Å²) in [5.41, 5.74) is 58.6. The molecule has 34 N–H and O–H groups in total. The number of nitrogens with one attached hydrogen (secondary N) is 12. The third-order valence-electron chi connectivity index (χ3n) is 13.4. The second kappa shape index (κ2) is 107. The third-order valence-corrected chi connectivity index (χ3v) is 13.4. The van der Waals surface area contributed by atoms with Gasteiger partial charge in [-0.3, -0.25) is 4.90 Å². The van der Waals surface area contributed by atoms with Crippen molar-refractivity contribution in [3.8, 4) is 0 Å². The maximum Gasteiger partial charge on any atom is 0.0106 e. The van der Waals surface area contributed by atoms with E-state index < -0.39 is 0 Å². The van der Waals surface area contributed by atoms with Crippen LogP contribution in [0.5, 0.6) is 0 Å². The first kappa shape index (κ1) is 105. The Balaban J connectivity index is -0.000000183. The van der Waals surface area contributed by atoms with Crippen molar-refractivity contribution in [3.05, 3.63) is 0 Å². The minimum atomic E-state index is 0.681. The molecule has 1 rings (SSSR count). The molecular formula is C65H172N28. The molecule has 0 unspecified atom stereocenters. The van der Waals surface area contributed by atoms with Crippen LogP contribution in [0.1, 0.15) is 96.3 Å². The Kier molecular flexibility index (Phi) is 121.